The summed E-state index contributed by atoms with van der Waals surface area (Å²) >= 11 is 7.26. The molecule has 1 amide bonds. The number of halogens is 1. The molecule has 0 aliphatic rings. The molecule has 2 atom stereocenters. The molecule has 1 N–H and O–H groups in total. The first-order valence-electron chi connectivity index (χ1n) is 8.83. The number of allylic oxidation sites excluding steroid dienone is 1. The fraction of sp³-hybridized carbons (Fsp3) is 0.421. The summed E-state index contributed by atoms with van der Waals surface area (Å²) in [5, 5.41) is 12.5. The minimum Gasteiger partial charge on any atom is -0.486 e. The van der Waals surface area contributed by atoms with Gasteiger partial charge >= 0.3 is 0 Å². The highest BCUT2D eigenvalue weighted by atomic mass is 35.5. The molecule has 2 unspecified atom stereocenters. The van der Waals surface area contributed by atoms with E-state index in [0.717, 1.165) is 6.42 Å². The molecule has 0 fully saturated rings. The van der Waals surface area contributed by atoms with Gasteiger partial charge in [-0.15, -0.1) is 16.8 Å². The van der Waals surface area contributed by atoms with Gasteiger partial charge < -0.3 is 10.1 Å². The number of amides is 1. The Labute approximate surface area is 169 Å². The Balaban J connectivity index is 2.05. The first-order chi connectivity index (χ1) is 12.9. The van der Waals surface area contributed by atoms with E-state index in [9.17, 15) is 4.79 Å². The predicted molar refractivity (Wildman–Crippen MR) is 109 cm³/mol. The number of aromatic nitrogens is 3. The molecule has 0 aliphatic carbocycles. The van der Waals surface area contributed by atoms with Crippen LogP contribution in [0.5, 0.6) is 5.75 Å². The van der Waals surface area contributed by atoms with Gasteiger partial charge in [0.05, 0.1) is 5.25 Å². The SMILES string of the molecule is C=CCn1c(COc2ccc(Cl)cc2)nnc1SC(C)C(=O)NC(C)CC. The predicted octanol–water partition coefficient (Wildman–Crippen LogP) is 4.09. The van der Waals surface area contributed by atoms with Crippen LogP contribution in [0.4, 0.5) is 0 Å². The van der Waals surface area contributed by atoms with Gasteiger partial charge in [-0.3, -0.25) is 9.36 Å². The Morgan fingerprint density at radius 1 is 1.37 bits per heavy atom. The van der Waals surface area contributed by atoms with Gasteiger partial charge in [-0.05, 0) is 44.5 Å². The minimum absolute atomic E-state index is 0.0125. The summed E-state index contributed by atoms with van der Waals surface area (Å²) < 4.78 is 7.67. The minimum atomic E-state index is -0.281. The standard InChI is InChI=1S/C19H25ClN4O2S/c1-5-11-24-17(12-26-16-9-7-15(20)8-10-16)22-23-19(24)27-14(4)18(25)21-13(3)6-2/h5,7-10,13-14H,1,6,11-12H2,2-4H3,(H,21,25). The van der Waals surface area contributed by atoms with Gasteiger partial charge in [0.15, 0.2) is 11.0 Å². The van der Waals surface area contributed by atoms with Crippen LogP contribution in [-0.4, -0.2) is 32.0 Å². The van der Waals surface area contributed by atoms with E-state index in [4.69, 9.17) is 16.3 Å². The van der Waals surface area contributed by atoms with Crippen molar-refractivity contribution in [2.24, 2.45) is 0 Å². The topological polar surface area (TPSA) is 69.0 Å². The van der Waals surface area contributed by atoms with Crippen LogP contribution in [0, 0.1) is 0 Å². The number of carbonyl (C=O) groups is 1. The van der Waals surface area contributed by atoms with Crippen molar-refractivity contribution in [2.75, 3.05) is 0 Å². The van der Waals surface area contributed by atoms with Gasteiger partial charge in [-0.1, -0.05) is 36.4 Å². The van der Waals surface area contributed by atoms with E-state index < -0.39 is 0 Å². The largest absolute Gasteiger partial charge is 0.486 e. The Kier molecular flexibility index (Phi) is 8.19. The first kappa shape index (κ1) is 21.3. The Morgan fingerprint density at radius 2 is 2.07 bits per heavy atom. The van der Waals surface area contributed by atoms with Crippen molar-refractivity contribution in [2.45, 2.75) is 56.8 Å². The van der Waals surface area contributed by atoms with Gasteiger partial charge in [-0.2, -0.15) is 0 Å². The number of carbonyl (C=O) groups excluding carboxylic acids is 1. The molecule has 0 saturated carbocycles. The molecule has 0 saturated heterocycles. The molecule has 2 rings (SSSR count). The molecule has 2 aromatic rings. The summed E-state index contributed by atoms with van der Waals surface area (Å²) in [5.74, 6) is 1.35. The second kappa shape index (κ2) is 10.4. The molecule has 146 valence electrons. The number of thioether (sulfide) groups is 1. The van der Waals surface area contributed by atoms with Crippen LogP contribution >= 0.6 is 23.4 Å². The molecule has 1 aromatic heterocycles. The number of nitrogens with zero attached hydrogens (tertiary/aromatic N) is 3. The molecule has 27 heavy (non-hydrogen) atoms. The number of ether oxygens (including phenoxy) is 1. The highest BCUT2D eigenvalue weighted by Gasteiger charge is 2.20. The van der Waals surface area contributed by atoms with Crippen LogP contribution in [0.25, 0.3) is 0 Å². The van der Waals surface area contributed by atoms with E-state index in [1.54, 1.807) is 30.3 Å². The quantitative estimate of drug-likeness (QED) is 0.473. The van der Waals surface area contributed by atoms with Gasteiger partial charge in [0.2, 0.25) is 5.91 Å². The van der Waals surface area contributed by atoms with Gasteiger partial charge in [-0.25, -0.2) is 0 Å². The van der Waals surface area contributed by atoms with Crippen LogP contribution in [0.15, 0.2) is 42.1 Å². The molecule has 1 aromatic carbocycles. The van der Waals surface area contributed by atoms with Crippen molar-refractivity contribution in [1.82, 2.24) is 20.1 Å². The highest BCUT2D eigenvalue weighted by molar-refractivity contribution is 8.00. The average Bonchev–Trinajstić information content (AvgIpc) is 3.03. The number of hydrogen-bond acceptors (Lipinski definition) is 5. The summed E-state index contributed by atoms with van der Waals surface area (Å²) in [6, 6.07) is 7.28. The smallest absolute Gasteiger partial charge is 0.233 e. The van der Waals surface area contributed by atoms with Crippen LogP contribution in [0.1, 0.15) is 33.0 Å². The van der Waals surface area contributed by atoms with Gasteiger partial charge in [0.1, 0.15) is 12.4 Å². The van der Waals surface area contributed by atoms with Crippen LogP contribution in [-0.2, 0) is 17.9 Å². The zero-order valence-electron chi connectivity index (χ0n) is 15.8. The first-order valence-corrected chi connectivity index (χ1v) is 10.1. The fourth-order valence-corrected chi connectivity index (χ4v) is 3.19. The van der Waals surface area contributed by atoms with Crippen molar-refractivity contribution >= 4 is 29.3 Å². The molecule has 0 spiro atoms. The van der Waals surface area contributed by atoms with Crippen LogP contribution in [0.2, 0.25) is 5.02 Å². The average molecular weight is 409 g/mol. The molecule has 6 nitrogen and oxygen atoms in total. The summed E-state index contributed by atoms with van der Waals surface area (Å²) in [6.45, 7) is 10.5. The summed E-state index contributed by atoms with van der Waals surface area (Å²) in [4.78, 5) is 12.3. The van der Waals surface area contributed by atoms with Gasteiger partial charge in [0.25, 0.3) is 0 Å². The van der Waals surface area contributed by atoms with Crippen molar-refractivity contribution in [3.8, 4) is 5.75 Å². The molecule has 0 bridgehead atoms. The molecule has 8 heteroatoms. The summed E-state index contributed by atoms with van der Waals surface area (Å²) in [7, 11) is 0. The van der Waals surface area contributed by atoms with Crippen molar-refractivity contribution in [3.05, 3.63) is 47.8 Å². The maximum absolute atomic E-state index is 12.3. The molecular weight excluding hydrogens is 384 g/mol. The third-order valence-electron chi connectivity index (χ3n) is 3.94. The van der Waals surface area contributed by atoms with E-state index in [0.29, 0.717) is 28.3 Å². The second-order valence-corrected chi connectivity index (χ2v) is 7.86. The Morgan fingerprint density at radius 3 is 2.70 bits per heavy atom. The fourth-order valence-electron chi connectivity index (χ4n) is 2.18. The number of hydrogen-bond donors (Lipinski definition) is 1. The lowest BCUT2D eigenvalue weighted by Gasteiger charge is -2.16. The normalized spacial score (nSPS) is 13.0. The molecule has 0 aliphatic heterocycles. The summed E-state index contributed by atoms with van der Waals surface area (Å²) in [6.07, 6.45) is 2.66. The third-order valence-corrected chi connectivity index (χ3v) is 5.27. The zero-order valence-corrected chi connectivity index (χ0v) is 17.4. The molecule has 0 radical (unpaired) electrons. The monoisotopic (exact) mass is 408 g/mol. The van der Waals surface area contributed by atoms with E-state index in [-0.39, 0.29) is 23.8 Å². The number of nitrogens with one attached hydrogen (secondary N) is 1. The lowest BCUT2D eigenvalue weighted by molar-refractivity contribution is -0.120. The van der Waals surface area contributed by atoms with Crippen LogP contribution < -0.4 is 10.1 Å². The van der Waals surface area contributed by atoms with E-state index >= 15 is 0 Å². The maximum atomic E-state index is 12.3. The van der Waals surface area contributed by atoms with Crippen molar-refractivity contribution in [3.63, 3.8) is 0 Å². The maximum Gasteiger partial charge on any atom is 0.233 e. The summed E-state index contributed by atoms with van der Waals surface area (Å²) in [5.41, 5.74) is 0. The zero-order chi connectivity index (χ0) is 19.8. The lowest BCUT2D eigenvalue weighted by atomic mass is 10.2. The number of rotatable bonds is 10. The van der Waals surface area contributed by atoms with Crippen molar-refractivity contribution in [1.29, 1.82) is 0 Å². The van der Waals surface area contributed by atoms with Crippen LogP contribution in [0.3, 0.4) is 0 Å². The molecular formula is C19H25ClN4O2S. The van der Waals surface area contributed by atoms with E-state index in [1.807, 2.05) is 25.3 Å². The Hall–Kier alpha value is -1.99. The van der Waals surface area contributed by atoms with Crippen molar-refractivity contribution < 1.29 is 9.53 Å². The van der Waals surface area contributed by atoms with E-state index in [1.165, 1.54) is 11.8 Å². The highest BCUT2D eigenvalue weighted by Crippen LogP contribution is 2.24. The van der Waals surface area contributed by atoms with E-state index in [2.05, 4.69) is 22.1 Å². The number of benzene rings is 1. The lowest BCUT2D eigenvalue weighted by Crippen LogP contribution is -2.37. The van der Waals surface area contributed by atoms with Gasteiger partial charge in [0, 0.05) is 17.6 Å². The second-order valence-electron chi connectivity index (χ2n) is 6.12. The third kappa shape index (κ3) is 6.29. The Bertz CT molecular complexity index is 764. The molecule has 1 heterocycles.